The van der Waals surface area contributed by atoms with Crippen molar-refractivity contribution in [3.05, 3.63) is 35.9 Å². The lowest BCUT2D eigenvalue weighted by Gasteiger charge is -2.14. The molecular formula is C15H19NO3. The van der Waals surface area contributed by atoms with Crippen LogP contribution in [0.15, 0.2) is 30.3 Å². The molecule has 0 spiro atoms. The number of hydrogen-bond donors (Lipinski definition) is 2. The molecule has 4 heteroatoms. The number of carboxylic acid groups (broad SMARTS) is 1. The molecule has 1 aromatic carbocycles. The van der Waals surface area contributed by atoms with E-state index in [9.17, 15) is 9.59 Å². The van der Waals surface area contributed by atoms with Crippen LogP contribution in [-0.2, 0) is 16.0 Å². The quantitative estimate of drug-likeness (QED) is 0.821. The van der Waals surface area contributed by atoms with Crippen molar-refractivity contribution in [2.24, 2.45) is 11.8 Å². The van der Waals surface area contributed by atoms with Gasteiger partial charge >= 0.3 is 5.97 Å². The lowest BCUT2D eigenvalue weighted by molar-refractivity contribution is -0.142. The van der Waals surface area contributed by atoms with Gasteiger partial charge in [0.05, 0.1) is 0 Å². The summed E-state index contributed by atoms with van der Waals surface area (Å²) in [6, 6.07) is 8.91. The zero-order valence-corrected chi connectivity index (χ0v) is 11.0. The zero-order valence-electron chi connectivity index (χ0n) is 11.0. The fourth-order valence-electron chi connectivity index (χ4n) is 2.18. The molecule has 1 aliphatic rings. The van der Waals surface area contributed by atoms with Crippen LogP contribution in [0.25, 0.3) is 0 Å². The highest BCUT2D eigenvalue weighted by atomic mass is 16.4. The minimum Gasteiger partial charge on any atom is -0.480 e. The minimum absolute atomic E-state index is 0.0126. The zero-order chi connectivity index (χ0) is 13.8. The lowest BCUT2D eigenvalue weighted by Crippen LogP contribution is -2.42. The molecule has 2 unspecified atom stereocenters. The number of amides is 1. The van der Waals surface area contributed by atoms with E-state index in [1.807, 2.05) is 37.3 Å². The van der Waals surface area contributed by atoms with Crippen LogP contribution < -0.4 is 5.32 Å². The molecule has 0 bridgehead atoms. The van der Waals surface area contributed by atoms with Gasteiger partial charge in [0.1, 0.15) is 6.04 Å². The number of rotatable bonds is 6. The number of carboxylic acids is 1. The van der Waals surface area contributed by atoms with E-state index in [0.717, 1.165) is 12.0 Å². The highest BCUT2D eigenvalue weighted by Crippen LogP contribution is 2.37. The number of aliphatic carboxylic acids is 1. The van der Waals surface area contributed by atoms with Gasteiger partial charge in [-0.25, -0.2) is 4.79 Å². The lowest BCUT2D eigenvalue weighted by atomic mass is 10.1. The first kappa shape index (κ1) is 13.6. The molecule has 0 heterocycles. The molecule has 0 aliphatic heterocycles. The monoisotopic (exact) mass is 261 g/mol. The van der Waals surface area contributed by atoms with E-state index in [-0.39, 0.29) is 11.8 Å². The summed E-state index contributed by atoms with van der Waals surface area (Å²) in [6.45, 7) is 2.00. The van der Waals surface area contributed by atoms with Crippen LogP contribution in [0, 0.1) is 11.8 Å². The van der Waals surface area contributed by atoms with Crippen LogP contribution in [0.5, 0.6) is 0 Å². The smallest absolute Gasteiger partial charge is 0.326 e. The molecule has 1 amide bonds. The summed E-state index contributed by atoms with van der Waals surface area (Å²) in [6.07, 6.45) is 1.95. The van der Waals surface area contributed by atoms with Crippen LogP contribution in [0.2, 0.25) is 0 Å². The highest BCUT2D eigenvalue weighted by molar-refractivity contribution is 5.86. The van der Waals surface area contributed by atoms with Gasteiger partial charge in [0, 0.05) is 5.92 Å². The average Bonchev–Trinajstić information content (AvgIpc) is 3.12. The number of hydrogen-bond acceptors (Lipinski definition) is 2. The first-order valence-corrected chi connectivity index (χ1v) is 6.65. The van der Waals surface area contributed by atoms with Gasteiger partial charge in [-0.3, -0.25) is 4.79 Å². The molecule has 1 saturated carbocycles. The first-order chi connectivity index (χ1) is 9.08. The molecule has 4 nitrogen and oxygen atoms in total. The third-order valence-electron chi connectivity index (χ3n) is 3.63. The molecule has 1 fully saturated rings. The summed E-state index contributed by atoms with van der Waals surface area (Å²) >= 11 is 0. The number of aryl methyl sites for hydroxylation is 1. The predicted octanol–water partition coefficient (Wildman–Crippen LogP) is 1.84. The number of benzene rings is 1. The molecular weight excluding hydrogens is 242 g/mol. The Balaban J connectivity index is 1.86. The van der Waals surface area contributed by atoms with E-state index in [1.54, 1.807) is 0 Å². The Kier molecular flexibility index (Phi) is 4.20. The van der Waals surface area contributed by atoms with Crippen molar-refractivity contribution < 1.29 is 14.7 Å². The van der Waals surface area contributed by atoms with E-state index in [0.29, 0.717) is 18.8 Å². The van der Waals surface area contributed by atoms with E-state index < -0.39 is 12.0 Å². The molecule has 102 valence electrons. The molecule has 0 radical (unpaired) electrons. The van der Waals surface area contributed by atoms with E-state index in [1.165, 1.54) is 0 Å². The maximum absolute atomic E-state index is 11.8. The first-order valence-electron chi connectivity index (χ1n) is 6.65. The fourth-order valence-corrected chi connectivity index (χ4v) is 2.18. The van der Waals surface area contributed by atoms with Gasteiger partial charge in [0.2, 0.25) is 5.91 Å². The number of nitrogens with one attached hydrogen (secondary N) is 1. The standard InChI is InChI=1S/C15H19NO3/c1-10-9-12(10)14(17)16-13(15(18)19)8-7-11-5-3-2-4-6-11/h2-6,10,12-13H,7-9H2,1H3,(H,16,17)(H,18,19)/t10?,12?,13-/m0/s1. The van der Waals surface area contributed by atoms with Crippen molar-refractivity contribution in [1.82, 2.24) is 5.32 Å². The Labute approximate surface area is 112 Å². The second-order valence-electron chi connectivity index (χ2n) is 5.24. The van der Waals surface area contributed by atoms with Gasteiger partial charge in [-0.2, -0.15) is 0 Å². The van der Waals surface area contributed by atoms with Crippen LogP contribution in [-0.4, -0.2) is 23.0 Å². The SMILES string of the molecule is CC1CC1C(=O)N[C@@H](CCc1ccccc1)C(=O)O. The molecule has 0 aromatic heterocycles. The maximum atomic E-state index is 11.8. The molecule has 1 aromatic rings. The van der Waals surface area contributed by atoms with Gasteiger partial charge < -0.3 is 10.4 Å². The molecule has 2 N–H and O–H groups in total. The van der Waals surface area contributed by atoms with Crippen molar-refractivity contribution in [3.63, 3.8) is 0 Å². The summed E-state index contributed by atoms with van der Waals surface area (Å²) in [5.41, 5.74) is 1.09. The largest absolute Gasteiger partial charge is 0.480 e. The Morgan fingerprint density at radius 3 is 2.53 bits per heavy atom. The summed E-state index contributed by atoms with van der Waals surface area (Å²) in [5, 5.41) is 11.8. The molecule has 19 heavy (non-hydrogen) atoms. The maximum Gasteiger partial charge on any atom is 0.326 e. The van der Waals surface area contributed by atoms with E-state index in [4.69, 9.17) is 5.11 Å². The van der Waals surface area contributed by atoms with Crippen LogP contribution in [0.1, 0.15) is 25.3 Å². The van der Waals surface area contributed by atoms with Crippen LogP contribution >= 0.6 is 0 Å². The van der Waals surface area contributed by atoms with Crippen LogP contribution in [0.3, 0.4) is 0 Å². The Bertz CT molecular complexity index is 458. The topological polar surface area (TPSA) is 66.4 Å². The van der Waals surface area contributed by atoms with Gasteiger partial charge in [-0.1, -0.05) is 37.3 Å². The van der Waals surface area contributed by atoms with Gasteiger partial charge in [0.25, 0.3) is 0 Å². The van der Waals surface area contributed by atoms with Crippen molar-refractivity contribution in [2.75, 3.05) is 0 Å². The Morgan fingerprint density at radius 2 is 2.00 bits per heavy atom. The van der Waals surface area contributed by atoms with Gasteiger partial charge in [-0.05, 0) is 30.7 Å². The second-order valence-corrected chi connectivity index (χ2v) is 5.24. The van der Waals surface area contributed by atoms with Crippen molar-refractivity contribution in [1.29, 1.82) is 0 Å². The minimum atomic E-state index is -0.961. The molecule has 1 aliphatic carbocycles. The summed E-state index contributed by atoms with van der Waals surface area (Å²) in [4.78, 5) is 22.9. The number of carbonyl (C=O) groups is 2. The molecule has 2 rings (SSSR count). The van der Waals surface area contributed by atoms with Gasteiger partial charge in [-0.15, -0.1) is 0 Å². The third kappa shape index (κ3) is 3.81. The Morgan fingerprint density at radius 1 is 1.37 bits per heavy atom. The molecule has 3 atom stereocenters. The Hall–Kier alpha value is -1.84. The highest BCUT2D eigenvalue weighted by Gasteiger charge is 2.40. The summed E-state index contributed by atoms with van der Waals surface area (Å²) in [7, 11) is 0. The van der Waals surface area contributed by atoms with Crippen molar-refractivity contribution in [2.45, 2.75) is 32.2 Å². The van der Waals surface area contributed by atoms with E-state index >= 15 is 0 Å². The van der Waals surface area contributed by atoms with E-state index in [2.05, 4.69) is 5.32 Å². The number of carbonyl (C=O) groups excluding carboxylic acids is 1. The fraction of sp³-hybridized carbons (Fsp3) is 0.467. The third-order valence-corrected chi connectivity index (χ3v) is 3.63. The summed E-state index contributed by atoms with van der Waals surface area (Å²) < 4.78 is 0. The normalized spacial score (nSPS) is 22.6. The molecule has 0 saturated heterocycles. The van der Waals surface area contributed by atoms with Gasteiger partial charge in [0.15, 0.2) is 0 Å². The van der Waals surface area contributed by atoms with Crippen LogP contribution in [0.4, 0.5) is 0 Å². The van der Waals surface area contributed by atoms with Crippen molar-refractivity contribution in [3.8, 4) is 0 Å². The van der Waals surface area contributed by atoms with Crippen molar-refractivity contribution >= 4 is 11.9 Å². The summed E-state index contributed by atoms with van der Waals surface area (Å²) in [5.74, 6) is -0.673. The average molecular weight is 261 g/mol. The second kappa shape index (κ2) is 5.87. The predicted molar refractivity (Wildman–Crippen MR) is 71.6 cm³/mol.